The van der Waals surface area contributed by atoms with Gasteiger partial charge in [-0.1, -0.05) is 0 Å². The SMILES string of the molecule is COc1cc(CCl)cnc1Br. The molecule has 1 heterocycles. The van der Waals surface area contributed by atoms with Crippen LogP contribution < -0.4 is 4.74 Å². The van der Waals surface area contributed by atoms with E-state index in [2.05, 4.69) is 20.9 Å². The van der Waals surface area contributed by atoms with Gasteiger partial charge in [-0.25, -0.2) is 4.98 Å². The van der Waals surface area contributed by atoms with Gasteiger partial charge in [0.05, 0.1) is 7.11 Å². The highest BCUT2D eigenvalue weighted by atomic mass is 79.9. The minimum Gasteiger partial charge on any atom is -0.494 e. The fourth-order valence-electron chi connectivity index (χ4n) is 0.685. The molecule has 0 fully saturated rings. The number of hydrogen-bond acceptors (Lipinski definition) is 2. The van der Waals surface area contributed by atoms with Gasteiger partial charge in [-0.05, 0) is 27.6 Å². The molecule has 1 aromatic heterocycles. The highest BCUT2D eigenvalue weighted by Gasteiger charge is 2.01. The van der Waals surface area contributed by atoms with Gasteiger partial charge in [-0.2, -0.15) is 0 Å². The van der Waals surface area contributed by atoms with Gasteiger partial charge in [-0.3, -0.25) is 0 Å². The second-order valence-corrected chi connectivity index (χ2v) is 2.99. The number of hydrogen-bond donors (Lipinski definition) is 0. The maximum Gasteiger partial charge on any atom is 0.151 e. The predicted molar refractivity (Wildman–Crippen MR) is 48.0 cm³/mol. The van der Waals surface area contributed by atoms with Crippen LogP contribution in [0.15, 0.2) is 16.9 Å². The molecule has 0 amide bonds. The summed E-state index contributed by atoms with van der Waals surface area (Å²) in [6, 6.07) is 1.85. The van der Waals surface area contributed by atoms with Crippen molar-refractivity contribution in [2.75, 3.05) is 7.11 Å². The summed E-state index contributed by atoms with van der Waals surface area (Å²) in [4.78, 5) is 4.03. The molecule has 1 aromatic rings. The van der Waals surface area contributed by atoms with Crippen molar-refractivity contribution in [2.45, 2.75) is 5.88 Å². The van der Waals surface area contributed by atoms with Crippen molar-refractivity contribution in [3.8, 4) is 5.75 Å². The van der Waals surface area contributed by atoms with Crippen LogP contribution in [0.25, 0.3) is 0 Å². The summed E-state index contributed by atoms with van der Waals surface area (Å²) in [5.41, 5.74) is 0.951. The van der Waals surface area contributed by atoms with Gasteiger partial charge < -0.3 is 4.74 Å². The van der Waals surface area contributed by atoms with Crippen molar-refractivity contribution in [3.05, 3.63) is 22.4 Å². The van der Waals surface area contributed by atoms with Gasteiger partial charge in [0.1, 0.15) is 4.60 Å². The van der Waals surface area contributed by atoms with Crippen molar-refractivity contribution in [1.82, 2.24) is 4.98 Å². The van der Waals surface area contributed by atoms with Gasteiger partial charge in [0, 0.05) is 12.1 Å². The summed E-state index contributed by atoms with van der Waals surface area (Å²) in [6.45, 7) is 0. The Labute approximate surface area is 78.7 Å². The number of halogens is 2. The lowest BCUT2D eigenvalue weighted by Gasteiger charge is -2.02. The monoisotopic (exact) mass is 235 g/mol. The molecule has 0 atom stereocenters. The minimum atomic E-state index is 0.455. The lowest BCUT2D eigenvalue weighted by Crippen LogP contribution is -1.89. The van der Waals surface area contributed by atoms with Crippen LogP contribution in [0.5, 0.6) is 5.75 Å². The standard InChI is InChI=1S/C7H7BrClNO/c1-11-6-2-5(3-9)4-10-7(6)8/h2,4H,3H2,1H3. The molecule has 0 bridgehead atoms. The molecule has 0 N–H and O–H groups in total. The zero-order valence-electron chi connectivity index (χ0n) is 5.97. The van der Waals surface area contributed by atoms with Crippen LogP contribution in [-0.4, -0.2) is 12.1 Å². The third-order valence-electron chi connectivity index (χ3n) is 1.24. The minimum absolute atomic E-state index is 0.455. The van der Waals surface area contributed by atoms with Crippen LogP contribution in [0, 0.1) is 0 Å². The zero-order valence-corrected chi connectivity index (χ0v) is 8.32. The van der Waals surface area contributed by atoms with Gasteiger partial charge in [-0.15, -0.1) is 11.6 Å². The van der Waals surface area contributed by atoms with Gasteiger partial charge >= 0.3 is 0 Å². The van der Waals surface area contributed by atoms with Crippen LogP contribution in [0.3, 0.4) is 0 Å². The molecule has 0 aliphatic heterocycles. The van der Waals surface area contributed by atoms with E-state index in [1.54, 1.807) is 13.3 Å². The van der Waals surface area contributed by atoms with Crippen LogP contribution in [-0.2, 0) is 5.88 Å². The Kier molecular flexibility index (Phi) is 3.15. The average Bonchev–Trinajstić information content (AvgIpc) is 2.05. The lowest BCUT2D eigenvalue weighted by atomic mass is 10.3. The Balaban J connectivity index is 3.02. The van der Waals surface area contributed by atoms with Gasteiger partial charge in [0.25, 0.3) is 0 Å². The van der Waals surface area contributed by atoms with E-state index in [1.807, 2.05) is 6.07 Å². The molecule has 0 spiro atoms. The van der Waals surface area contributed by atoms with E-state index in [1.165, 1.54) is 0 Å². The maximum absolute atomic E-state index is 5.60. The molecule has 0 unspecified atom stereocenters. The fraction of sp³-hybridized carbons (Fsp3) is 0.286. The second-order valence-electron chi connectivity index (χ2n) is 1.97. The molecule has 0 saturated carbocycles. The van der Waals surface area contributed by atoms with Crippen molar-refractivity contribution in [2.24, 2.45) is 0 Å². The molecule has 0 aliphatic rings. The van der Waals surface area contributed by atoms with Crippen LogP contribution in [0.2, 0.25) is 0 Å². The zero-order chi connectivity index (χ0) is 8.27. The smallest absolute Gasteiger partial charge is 0.151 e. The third-order valence-corrected chi connectivity index (χ3v) is 2.14. The Bertz CT molecular complexity index is 254. The molecular formula is C7H7BrClNO. The number of nitrogens with zero attached hydrogens (tertiary/aromatic N) is 1. The maximum atomic E-state index is 5.60. The van der Waals surface area contributed by atoms with Crippen molar-refractivity contribution in [3.63, 3.8) is 0 Å². The Morgan fingerprint density at radius 3 is 3.00 bits per heavy atom. The number of pyridine rings is 1. The van der Waals surface area contributed by atoms with Crippen LogP contribution >= 0.6 is 27.5 Å². The molecule has 0 aromatic carbocycles. The molecule has 1 rings (SSSR count). The summed E-state index contributed by atoms with van der Waals surface area (Å²) in [5, 5.41) is 0. The van der Waals surface area contributed by atoms with Gasteiger partial charge in [0.15, 0.2) is 5.75 Å². The second kappa shape index (κ2) is 3.93. The van der Waals surface area contributed by atoms with E-state index in [-0.39, 0.29) is 0 Å². The number of aromatic nitrogens is 1. The first-order valence-electron chi connectivity index (χ1n) is 3.02. The normalized spacial score (nSPS) is 9.73. The van der Waals surface area contributed by atoms with E-state index in [4.69, 9.17) is 16.3 Å². The van der Waals surface area contributed by atoms with Crippen molar-refractivity contribution in [1.29, 1.82) is 0 Å². The molecular weight excluding hydrogens is 229 g/mol. The number of rotatable bonds is 2. The average molecular weight is 236 g/mol. The fourth-order valence-corrected chi connectivity index (χ4v) is 1.21. The van der Waals surface area contributed by atoms with E-state index < -0.39 is 0 Å². The molecule has 0 saturated heterocycles. The molecule has 0 aliphatic carbocycles. The van der Waals surface area contributed by atoms with Crippen LogP contribution in [0.1, 0.15) is 5.56 Å². The first-order chi connectivity index (χ1) is 5.27. The van der Waals surface area contributed by atoms with Crippen molar-refractivity contribution >= 4 is 27.5 Å². The summed E-state index contributed by atoms with van der Waals surface area (Å²) < 4.78 is 5.72. The molecule has 11 heavy (non-hydrogen) atoms. The summed E-state index contributed by atoms with van der Waals surface area (Å²) >= 11 is 8.84. The van der Waals surface area contributed by atoms with Gasteiger partial charge in [0.2, 0.25) is 0 Å². The third kappa shape index (κ3) is 2.07. The summed E-state index contributed by atoms with van der Waals surface area (Å²) in [7, 11) is 1.60. The lowest BCUT2D eigenvalue weighted by molar-refractivity contribution is 0.409. The topological polar surface area (TPSA) is 22.1 Å². The Morgan fingerprint density at radius 1 is 1.73 bits per heavy atom. The largest absolute Gasteiger partial charge is 0.494 e. The Hall–Kier alpha value is -0.280. The first kappa shape index (κ1) is 8.81. The number of alkyl halides is 1. The van der Waals surface area contributed by atoms with E-state index >= 15 is 0 Å². The highest BCUT2D eigenvalue weighted by molar-refractivity contribution is 9.10. The van der Waals surface area contributed by atoms with Crippen LogP contribution in [0.4, 0.5) is 0 Å². The highest BCUT2D eigenvalue weighted by Crippen LogP contribution is 2.23. The Morgan fingerprint density at radius 2 is 2.45 bits per heavy atom. The quantitative estimate of drug-likeness (QED) is 0.582. The molecule has 4 heteroatoms. The van der Waals surface area contributed by atoms with Crippen molar-refractivity contribution < 1.29 is 4.74 Å². The molecule has 60 valence electrons. The van der Waals surface area contributed by atoms with E-state index in [9.17, 15) is 0 Å². The number of ether oxygens (including phenoxy) is 1. The molecule has 2 nitrogen and oxygen atoms in total. The van der Waals surface area contributed by atoms with E-state index in [0.717, 1.165) is 5.56 Å². The molecule has 0 radical (unpaired) electrons. The number of methoxy groups -OCH3 is 1. The summed E-state index contributed by atoms with van der Waals surface area (Å²) in [6.07, 6.45) is 1.71. The summed E-state index contributed by atoms with van der Waals surface area (Å²) in [5.74, 6) is 1.17. The predicted octanol–water partition coefficient (Wildman–Crippen LogP) is 2.59. The first-order valence-corrected chi connectivity index (χ1v) is 4.35. The van der Waals surface area contributed by atoms with E-state index in [0.29, 0.717) is 16.2 Å².